The smallest absolute Gasteiger partial charge is 0.329 e. The minimum absolute atomic E-state index is 0.206. The van der Waals surface area contributed by atoms with Gasteiger partial charge in [-0.05, 0) is 43.2 Å². The minimum atomic E-state index is -0.866. The summed E-state index contributed by atoms with van der Waals surface area (Å²) in [6, 6.07) is 12.6. The number of nitrogens with zero attached hydrogens (tertiary/aromatic N) is 1. The lowest BCUT2D eigenvalue weighted by molar-refractivity contribution is -0.139. The van der Waals surface area contributed by atoms with Crippen LogP contribution in [0.2, 0.25) is 0 Å². The third-order valence-corrected chi connectivity index (χ3v) is 4.35. The number of rotatable bonds is 8. The molecule has 3 amide bonds. The molecule has 9 heteroatoms. The van der Waals surface area contributed by atoms with Crippen LogP contribution in [-0.2, 0) is 14.4 Å². The van der Waals surface area contributed by atoms with E-state index in [1.807, 2.05) is 38.1 Å². The Kier molecular flexibility index (Phi) is 9.02. The van der Waals surface area contributed by atoms with Gasteiger partial charge in [-0.2, -0.15) is 5.10 Å². The number of nitrogens with one attached hydrogen (secondary N) is 3. The van der Waals surface area contributed by atoms with E-state index in [9.17, 15) is 14.4 Å². The van der Waals surface area contributed by atoms with Crippen LogP contribution < -0.4 is 20.8 Å². The number of benzene rings is 2. The molecule has 0 aliphatic carbocycles. The molecule has 0 heterocycles. The number of hydrogen-bond acceptors (Lipinski definition) is 5. The number of hydrogen-bond donors (Lipinski definition) is 3. The van der Waals surface area contributed by atoms with Gasteiger partial charge < -0.3 is 15.4 Å². The van der Waals surface area contributed by atoms with Gasteiger partial charge in [0, 0.05) is 22.3 Å². The van der Waals surface area contributed by atoms with E-state index < -0.39 is 11.8 Å². The molecular formula is C21H23BrN4O4. The van der Waals surface area contributed by atoms with E-state index in [2.05, 4.69) is 37.1 Å². The lowest BCUT2D eigenvalue weighted by atomic mass is 10.2. The molecule has 158 valence electrons. The summed E-state index contributed by atoms with van der Waals surface area (Å²) in [5, 5.41) is 9.04. The molecule has 2 aromatic carbocycles. The van der Waals surface area contributed by atoms with E-state index in [1.54, 1.807) is 18.2 Å². The van der Waals surface area contributed by atoms with Gasteiger partial charge in [-0.3, -0.25) is 14.4 Å². The summed E-state index contributed by atoms with van der Waals surface area (Å²) in [4.78, 5) is 35.4. The van der Waals surface area contributed by atoms with Gasteiger partial charge in [0.25, 0.3) is 5.91 Å². The van der Waals surface area contributed by atoms with E-state index in [-0.39, 0.29) is 12.5 Å². The molecule has 0 unspecified atom stereocenters. The first kappa shape index (κ1) is 23.1. The highest BCUT2D eigenvalue weighted by atomic mass is 79.9. The second-order valence-electron chi connectivity index (χ2n) is 6.29. The lowest BCUT2D eigenvalue weighted by Gasteiger charge is -2.11. The first-order valence-corrected chi connectivity index (χ1v) is 10.1. The van der Waals surface area contributed by atoms with Crippen LogP contribution in [0.4, 0.5) is 5.69 Å². The second-order valence-corrected chi connectivity index (χ2v) is 7.20. The first-order chi connectivity index (χ1) is 14.4. The van der Waals surface area contributed by atoms with Crippen LogP contribution in [-0.4, -0.2) is 37.1 Å². The molecule has 8 nitrogen and oxygen atoms in total. The predicted molar refractivity (Wildman–Crippen MR) is 118 cm³/mol. The van der Waals surface area contributed by atoms with E-state index in [1.165, 1.54) is 6.21 Å². The van der Waals surface area contributed by atoms with Gasteiger partial charge >= 0.3 is 11.8 Å². The third kappa shape index (κ3) is 7.32. The number of amides is 3. The van der Waals surface area contributed by atoms with Gasteiger partial charge in [0.2, 0.25) is 0 Å². The predicted octanol–water partition coefficient (Wildman–Crippen LogP) is 2.75. The Hall–Kier alpha value is -3.20. The number of carbonyl (C=O) groups excluding carboxylic acids is 3. The normalized spacial score (nSPS) is 10.5. The van der Waals surface area contributed by atoms with Crippen molar-refractivity contribution in [3.8, 4) is 5.75 Å². The Morgan fingerprint density at radius 1 is 1.13 bits per heavy atom. The molecule has 0 radical (unpaired) electrons. The largest absolute Gasteiger partial charge is 0.483 e. The van der Waals surface area contributed by atoms with E-state index in [0.29, 0.717) is 23.5 Å². The number of para-hydroxylation sites is 1. The summed E-state index contributed by atoms with van der Waals surface area (Å²) >= 11 is 3.35. The molecule has 0 aliphatic heterocycles. The zero-order chi connectivity index (χ0) is 21.9. The summed E-state index contributed by atoms with van der Waals surface area (Å²) in [7, 11) is 0. The summed E-state index contributed by atoms with van der Waals surface area (Å²) in [6.07, 6.45) is 2.06. The number of halogens is 1. The molecule has 0 fully saturated rings. The van der Waals surface area contributed by atoms with E-state index >= 15 is 0 Å². The topological polar surface area (TPSA) is 109 Å². The molecule has 0 spiro atoms. The van der Waals surface area contributed by atoms with Gasteiger partial charge in [-0.1, -0.05) is 41.1 Å². The van der Waals surface area contributed by atoms with Gasteiger partial charge in [0.05, 0.1) is 6.21 Å². The zero-order valence-electron chi connectivity index (χ0n) is 16.7. The summed E-state index contributed by atoms with van der Waals surface area (Å²) in [5.74, 6) is -1.54. The highest BCUT2D eigenvalue weighted by Crippen LogP contribution is 2.22. The fourth-order valence-corrected chi connectivity index (χ4v) is 2.70. The molecule has 0 saturated carbocycles. The molecular weight excluding hydrogens is 452 g/mol. The molecule has 30 heavy (non-hydrogen) atoms. The second kappa shape index (κ2) is 11.7. The standard InChI is InChI=1S/C21H23BrN4O4/c1-3-10-23-20(28)21(29)26-24-12-15-11-16(22)8-9-18(15)30-13-19(27)25-17-7-5-4-6-14(17)2/h4-9,11-12H,3,10,13H2,1-2H3,(H,23,28)(H,25,27)(H,26,29)/b24-12-. The number of ether oxygens (including phenoxy) is 1. The van der Waals surface area contributed by atoms with Crippen molar-refractivity contribution in [1.29, 1.82) is 0 Å². The number of aryl methyl sites for hydroxylation is 1. The van der Waals surface area contributed by atoms with Gasteiger partial charge in [0.15, 0.2) is 6.61 Å². The van der Waals surface area contributed by atoms with Crippen LogP contribution in [0.5, 0.6) is 5.75 Å². The number of hydrazone groups is 1. The Morgan fingerprint density at radius 3 is 2.63 bits per heavy atom. The Labute approximate surface area is 183 Å². The zero-order valence-corrected chi connectivity index (χ0v) is 18.3. The number of anilines is 1. The minimum Gasteiger partial charge on any atom is -0.483 e. The average molecular weight is 475 g/mol. The van der Waals surface area contributed by atoms with Gasteiger partial charge in [0.1, 0.15) is 5.75 Å². The van der Waals surface area contributed by atoms with Crippen LogP contribution >= 0.6 is 15.9 Å². The highest BCUT2D eigenvalue weighted by Gasteiger charge is 2.12. The average Bonchev–Trinajstić information content (AvgIpc) is 2.73. The van der Waals surface area contributed by atoms with Crippen LogP contribution in [0.15, 0.2) is 52.0 Å². The fourth-order valence-electron chi connectivity index (χ4n) is 2.32. The van der Waals surface area contributed by atoms with Crippen LogP contribution in [0.25, 0.3) is 0 Å². The monoisotopic (exact) mass is 474 g/mol. The van der Waals surface area contributed by atoms with Crippen LogP contribution in [0.3, 0.4) is 0 Å². The first-order valence-electron chi connectivity index (χ1n) is 9.29. The third-order valence-electron chi connectivity index (χ3n) is 3.86. The SMILES string of the molecule is CCCNC(=O)C(=O)N/N=C\c1cc(Br)ccc1OCC(=O)Nc1ccccc1C. The quantitative estimate of drug-likeness (QED) is 0.310. The molecule has 0 atom stereocenters. The van der Waals surface area contributed by atoms with E-state index in [0.717, 1.165) is 16.5 Å². The fraction of sp³-hybridized carbons (Fsp3) is 0.238. The molecule has 0 saturated heterocycles. The maximum Gasteiger partial charge on any atom is 0.329 e. The van der Waals surface area contributed by atoms with Crippen molar-refractivity contribution in [3.05, 3.63) is 58.1 Å². The van der Waals surface area contributed by atoms with Crippen molar-refractivity contribution in [3.63, 3.8) is 0 Å². The van der Waals surface area contributed by atoms with Crippen LogP contribution in [0.1, 0.15) is 24.5 Å². The Balaban J connectivity index is 1.97. The molecule has 2 rings (SSSR count). The Morgan fingerprint density at radius 2 is 1.90 bits per heavy atom. The van der Waals surface area contributed by atoms with Gasteiger partial charge in [-0.25, -0.2) is 5.43 Å². The van der Waals surface area contributed by atoms with Crippen molar-refractivity contribution in [2.75, 3.05) is 18.5 Å². The molecule has 0 aromatic heterocycles. The summed E-state index contributed by atoms with van der Waals surface area (Å²) in [5.41, 5.74) is 4.34. The van der Waals surface area contributed by atoms with Crippen molar-refractivity contribution >= 4 is 45.6 Å². The Bertz CT molecular complexity index is 946. The molecule has 2 aromatic rings. The summed E-state index contributed by atoms with van der Waals surface area (Å²) < 4.78 is 6.37. The maximum atomic E-state index is 12.2. The molecule has 0 bridgehead atoms. The number of carbonyl (C=O) groups is 3. The molecule has 3 N–H and O–H groups in total. The maximum absolute atomic E-state index is 12.2. The van der Waals surface area contributed by atoms with Crippen molar-refractivity contribution < 1.29 is 19.1 Å². The van der Waals surface area contributed by atoms with Crippen LogP contribution in [0, 0.1) is 6.92 Å². The molecule has 0 aliphatic rings. The van der Waals surface area contributed by atoms with Crippen molar-refractivity contribution in [2.45, 2.75) is 20.3 Å². The van der Waals surface area contributed by atoms with Gasteiger partial charge in [-0.15, -0.1) is 0 Å². The van der Waals surface area contributed by atoms with Crippen molar-refractivity contribution in [1.82, 2.24) is 10.7 Å². The highest BCUT2D eigenvalue weighted by molar-refractivity contribution is 9.10. The lowest BCUT2D eigenvalue weighted by Crippen LogP contribution is -2.38. The van der Waals surface area contributed by atoms with E-state index in [4.69, 9.17) is 4.74 Å². The summed E-state index contributed by atoms with van der Waals surface area (Å²) in [6.45, 7) is 3.98. The van der Waals surface area contributed by atoms with Crippen molar-refractivity contribution in [2.24, 2.45) is 5.10 Å².